The van der Waals surface area contributed by atoms with Crippen LogP contribution in [0, 0.1) is 0 Å². The number of anilines is 1. The zero-order valence-corrected chi connectivity index (χ0v) is 16.5. The topological polar surface area (TPSA) is 87.7 Å². The second-order valence-corrected chi connectivity index (χ2v) is 8.91. The molecule has 0 aliphatic heterocycles. The minimum atomic E-state index is -3.78. The molecule has 5 rings (SSSR count). The van der Waals surface area contributed by atoms with Crippen molar-refractivity contribution >= 4 is 26.6 Å². The molecule has 1 unspecified atom stereocenters. The second-order valence-electron chi connectivity index (χ2n) is 7.26. The van der Waals surface area contributed by atoms with Gasteiger partial charge in [-0.1, -0.05) is 30.3 Å². The van der Waals surface area contributed by atoms with E-state index in [1.54, 1.807) is 30.7 Å². The van der Waals surface area contributed by atoms with Crippen molar-refractivity contribution in [1.29, 1.82) is 0 Å². The predicted octanol–water partition coefficient (Wildman–Crippen LogP) is 4.23. The summed E-state index contributed by atoms with van der Waals surface area (Å²) in [5, 5.41) is 0.796. The highest BCUT2D eigenvalue weighted by Gasteiger charge is 2.26. The van der Waals surface area contributed by atoms with Crippen LogP contribution in [0.3, 0.4) is 0 Å². The molecule has 0 bridgehead atoms. The molecule has 0 amide bonds. The molecule has 2 heterocycles. The lowest BCUT2D eigenvalue weighted by atomic mass is 9.80. The van der Waals surface area contributed by atoms with Crippen molar-refractivity contribution in [2.24, 2.45) is 0 Å². The highest BCUT2D eigenvalue weighted by atomic mass is 32.2. The van der Waals surface area contributed by atoms with Crippen LogP contribution >= 0.6 is 0 Å². The zero-order valence-electron chi connectivity index (χ0n) is 15.7. The number of H-pyrrole nitrogens is 1. The van der Waals surface area contributed by atoms with Gasteiger partial charge < -0.3 is 4.98 Å². The molecule has 7 heteroatoms. The first kappa shape index (κ1) is 17.9. The Balaban J connectivity index is 1.57. The lowest BCUT2D eigenvalue weighted by Crippen LogP contribution is -2.18. The van der Waals surface area contributed by atoms with Gasteiger partial charge in [0.25, 0.3) is 10.0 Å². The predicted molar refractivity (Wildman–Crippen MR) is 112 cm³/mol. The molecule has 29 heavy (non-hydrogen) atoms. The van der Waals surface area contributed by atoms with E-state index < -0.39 is 10.0 Å². The number of fused-ring (bicyclic) bond motifs is 2. The molecule has 1 aliphatic carbocycles. The summed E-state index contributed by atoms with van der Waals surface area (Å²) in [5.74, 6) is 0.199. The number of imidazole rings is 1. The van der Waals surface area contributed by atoms with Crippen LogP contribution in [0.1, 0.15) is 35.6 Å². The van der Waals surface area contributed by atoms with E-state index in [-0.39, 0.29) is 10.8 Å². The SMILES string of the molecule is O=S(=O)(Nc1cccc2c1CCCC2c1cnc[nH]1)c1cccc2cccnc12. The largest absolute Gasteiger partial charge is 0.348 e. The van der Waals surface area contributed by atoms with Crippen molar-refractivity contribution in [2.75, 3.05) is 4.72 Å². The summed E-state index contributed by atoms with van der Waals surface area (Å²) in [4.78, 5) is 11.8. The first-order valence-corrected chi connectivity index (χ1v) is 11.1. The number of sulfonamides is 1. The summed E-state index contributed by atoms with van der Waals surface area (Å²) in [6.07, 6.45) is 7.99. The molecule has 1 aliphatic rings. The molecule has 146 valence electrons. The van der Waals surface area contributed by atoms with Gasteiger partial charge in [0.2, 0.25) is 0 Å². The molecule has 2 aromatic heterocycles. The van der Waals surface area contributed by atoms with Gasteiger partial charge in [-0.05, 0) is 48.6 Å². The van der Waals surface area contributed by atoms with E-state index >= 15 is 0 Å². The summed E-state index contributed by atoms with van der Waals surface area (Å²) < 4.78 is 29.3. The molecule has 2 N–H and O–H groups in total. The van der Waals surface area contributed by atoms with Gasteiger partial charge in [-0.25, -0.2) is 13.4 Å². The number of benzene rings is 2. The van der Waals surface area contributed by atoms with E-state index in [1.165, 1.54) is 0 Å². The molecule has 0 spiro atoms. The molecule has 2 aromatic carbocycles. The first-order valence-electron chi connectivity index (χ1n) is 9.60. The average Bonchev–Trinajstić information content (AvgIpc) is 3.28. The number of aromatic amines is 1. The number of para-hydroxylation sites is 1. The number of hydrogen-bond donors (Lipinski definition) is 2. The molecule has 1 atom stereocenters. The normalized spacial score (nSPS) is 16.5. The minimum absolute atomic E-state index is 0.189. The van der Waals surface area contributed by atoms with Crippen LogP contribution in [-0.2, 0) is 16.4 Å². The van der Waals surface area contributed by atoms with Crippen LogP contribution in [-0.4, -0.2) is 23.4 Å². The Kier molecular flexibility index (Phi) is 4.32. The van der Waals surface area contributed by atoms with Crippen LogP contribution in [0.25, 0.3) is 10.9 Å². The summed E-state index contributed by atoms with van der Waals surface area (Å²) in [5.41, 5.74) is 4.37. The number of hydrogen-bond acceptors (Lipinski definition) is 4. The van der Waals surface area contributed by atoms with Crippen LogP contribution in [0.15, 0.2) is 72.1 Å². The fraction of sp³-hybridized carbons (Fsp3) is 0.182. The maximum absolute atomic E-state index is 13.2. The van der Waals surface area contributed by atoms with E-state index in [0.717, 1.165) is 41.5 Å². The van der Waals surface area contributed by atoms with Crippen LogP contribution in [0.2, 0.25) is 0 Å². The van der Waals surface area contributed by atoms with Crippen molar-refractivity contribution in [3.05, 3.63) is 84.1 Å². The summed E-state index contributed by atoms with van der Waals surface area (Å²) in [6.45, 7) is 0. The third kappa shape index (κ3) is 3.17. The van der Waals surface area contributed by atoms with Gasteiger partial charge in [0.15, 0.2) is 0 Å². The van der Waals surface area contributed by atoms with Gasteiger partial charge in [-0.2, -0.15) is 0 Å². The van der Waals surface area contributed by atoms with Crippen LogP contribution < -0.4 is 4.72 Å². The number of nitrogens with zero attached hydrogens (tertiary/aromatic N) is 2. The Morgan fingerprint density at radius 2 is 1.93 bits per heavy atom. The van der Waals surface area contributed by atoms with Crippen molar-refractivity contribution in [3.63, 3.8) is 0 Å². The van der Waals surface area contributed by atoms with Gasteiger partial charge in [0, 0.05) is 29.4 Å². The lowest BCUT2D eigenvalue weighted by molar-refractivity contribution is 0.599. The molecular weight excluding hydrogens is 384 g/mol. The Bertz CT molecular complexity index is 1280. The number of aromatic nitrogens is 3. The van der Waals surface area contributed by atoms with Crippen molar-refractivity contribution in [2.45, 2.75) is 30.1 Å². The molecule has 0 saturated carbocycles. The Hall–Kier alpha value is -3.19. The molecule has 0 fully saturated rings. The molecule has 6 nitrogen and oxygen atoms in total. The van der Waals surface area contributed by atoms with E-state index in [0.29, 0.717) is 11.2 Å². The van der Waals surface area contributed by atoms with Gasteiger partial charge in [0.05, 0.1) is 17.5 Å². The van der Waals surface area contributed by atoms with Gasteiger partial charge in [-0.15, -0.1) is 0 Å². The highest BCUT2D eigenvalue weighted by Crippen LogP contribution is 2.39. The number of rotatable bonds is 4. The van der Waals surface area contributed by atoms with Crippen LogP contribution in [0.5, 0.6) is 0 Å². The summed E-state index contributed by atoms with van der Waals surface area (Å²) in [6, 6.07) is 14.7. The smallest absolute Gasteiger partial charge is 0.264 e. The fourth-order valence-electron chi connectivity index (χ4n) is 4.22. The second kappa shape index (κ2) is 7.00. The highest BCUT2D eigenvalue weighted by molar-refractivity contribution is 7.93. The maximum atomic E-state index is 13.2. The Morgan fingerprint density at radius 1 is 1.07 bits per heavy atom. The van der Waals surface area contributed by atoms with E-state index in [2.05, 4.69) is 25.7 Å². The third-order valence-electron chi connectivity index (χ3n) is 5.53. The van der Waals surface area contributed by atoms with Crippen molar-refractivity contribution in [1.82, 2.24) is 15.0 Å². The average molecular weight is 404 g/mol. The van der Waals surface area contributed by atoms with Gasteiger partial charge in [0.1, 0.15) is 4.90 Å². The van der Waals surface area contributed by atoms with E-state index in [1.807, 2.05) is 30.5 Å². The van der Waals surface area contributed by atoms with Crippen LogP contribution in [0.4, 0.5) is 5.69 Å². The minimum Gasteiger partial charge on any atom is -0.348 e. The lowest BCUT2D eigenvalue weighted by Gasteiger charge is -2.27. The molecule has 0 radical (unpaired) electrons. The maximum Gasteiger partial charge on any atom is 0.264 e. The van der Waals surface area contributed by atoms with Gasteiger partial charge >= 0.3 is 0 Å². The monoisotopic (exact) mass is 404 g/mol. The fourth-order valence-corrected chi connectivity index (χ4v) is 5.49. The Morgan fingerprint density at radius 3 is 2.79 bits per heavy atom. The quantitative estimate of drug-likeness (QED) is 0.533. The summed E-state index contributed by atoms with van der Waals surface area (Å²) in [7, 11) is -3.78. The van der Waals surface area contributed by atoms with E-state index in [4.69, 9.17) is 0 Å². The number of nitrogens with one attached hydrogen (secondary N) is 2. The summed E-state index contributed by atoms with van der Waals surface area (Å²) >= 11 is 0. The molecule has 4 aromatic rings. The van der Waals surface area contributed by atoms with Gasteiger partial charge in [-0.3, -0.25) is 9.71 Å². The Labute approximate surface area is 169 Å². The first-order chi connectivity index (χ1) is 14.1. The molecule has 0 saturated heterocycles. The number of pyridine rings is 1. The molecular formula is C22H20N4O2S. The third-order valence-corrected chi connectivity index (χ3v) is 6.93. The van der Waals surface area contributed by atoms with E-state index in [9.17, 15) is 8.42 Å². The van der Waals surface area contributed by atoms with Crippen molar-refractivity contribution in [3.8, 4) is 0 Å². The van der Waals surface area contributed by atoms with Crippen molar-refractivity contribution < 1.29 is 8.42 Å². The zero-order chi connectivity index (χ0) is 19.8. The standard InChI is InChI=1S/C22H20N4O2S/c27-29(28,21-11-1-5-15-6-4-12-24-22(15)21)26-19-10-3-7-16-17(19)8-2-9-18(16)20-13-23-14-25-20/h1,3-7,10-14,18,26H,2,8-9H2,(H,23,25).